The molecule has 0 saturated carbocycles. The fraction of sp³-hybridized carbons (Fsp3) is 0.364. The molecule has 0 amide bonds. The first kappa shape index (κ1) is 22.7. The van der Waals surface area contributed by atoms with Gasteiger partial charge >= 0.3 is 0 Å². The Morgan fingerprint density at radius 2 is 1.94 bits per heavy atom. The van der Waals surface area contributed by atoms with Crippen molar-refractivity contribution in [1.29, 1.82) is 0 Å². The minimum atomic E-state index is -3.55. The second-order valence-corrected chi connectivity index (χ2v) is 10.8. The van der Waals surface area contributed by atoms with Gasteiger partial charge in [0.1, 0.15) is 5.60 Å². The summed E-state index contributed by atoms with van der Waals surface area (Å²) in [4.78, 5) is 2.20. The van der Waals surface area contributed by atoms with E-state index in [1.807, 2.05) is 30.9 Å². The number of hydrogen-bond donors (Lipinski definition) is 1. The molecule has 0 radical (unpaired) electrons. The predicted octanol–water partition coefficient (Wildman–Crippen LogP) is 3.39. The molecule has 1 atom stereocenters. The van der Waals surface area contributed by atoms with E-state index in [0.29, 0.717) is 35.3 Å². The summed E-state index contributed by atoms with van der Waals surface area (Å²) >= 11 is 6.01. The maximum Gasteiger partial charge on any atom is 0.248 e. The van der Waals surface area contributed by atoms with Crippen molar-refractivity contribution in [3.05, 3.63) is 58.9 Å². The molecule has 0 fully saturated rings. The van der Waals surface area contributed by atoms with Gasteiger partial charge in [-0.15, -0.1) is 10.2 Å². The first-order chi connectivity index (χ1) is 15.1. The number of rotatable bonds is 5. The summed E-state index contributed by atoms with van der Waals surface area (Å²) < 4.78 is 37.2. The average Bonchev–Trinajstić information content (AvgIpc) is 3.22. The Bertz CT molecular complexity index is 1220. The van der Waals surface area contributed by atoms with Crippen molar-refractivity contribution >= 4 is 27.1 Å². The quantitative estimate of drug-likeness (QED) is 0.596. The number of aromatic nitrogens is 2. The summed E-state index contributed by atoms with van der Waals surface area (Å²) in [5.74, 6) is 0.492. The van der Waals surface area contributed by atoms with Crippen molar-refractivity contribution in [3.63, 3.8) is 0 Å². The third kappa shape index (κ3) is 4.52. The van der Waals surface area contributed by atoms with Crippen molar-refractivity contribution in [2.45, 2.75) is 36.9 Å². The van der Waals surface area contributed by atoms with Crippen LogP contribution in [0.1, 0.15) is 25.3 Å². The molecule has 0 unspecified atom stereocenters. The van der Waals surface area contributed by atoms with Gasteiger partial charge in [0.05, 0.1) is 16.3 Å². The van der Waals surface area contributed by atoms with Crippen LogP contribution in [0.5, 0.6) is 0 Å². The predicted molar refractivity (Wildman–Crippen MR) is 122 cm³/mol. The van der Waals surface area contributed by atoms with Crippen molar-refractivity contribution in [2.24, 2.45) is 5.73 Å². The van der Waals surface area contributed by atoms with Crippen molar-refractivity contribution in [1.82, 2.24) is 10.2 Å². The Kier molecular flexibility index (Phi) is 6.02. The molecule has 1 aromatic heterocycles. The number of methoxy groups -OCH3 is 1. The van der Waals surface area contributed by atoms with Crippen molar-refractivity contribution < 1.29 is 17.6 Å². The lowest BCUT2D eigenvalue weighted by Gasteiger charge is -2.26. The number of benzene rings is 2. The first-order valence-electron chi connectivity index (χ1n) is 10.1. The highest BCUT2D eigenvalue weighted by atomic mass is 35.5. The summed E-state index contributed by atoms with van der Waals surface area (Å²) in [7, 11) is -1.99. The zero-order valence-electron chi connectivity index (χ0n) is 18.1. The van der Waals surface area contributed by atoms with Crippen molar-refractivity contribution in [2.75, 3.05) is 24.3 Å². The molecule has 3 aromatic rings. The number of nitrogens with zero attached hydrogens (tertiary/aromatic N) is 3. The minimum absolute atomic E-state index is 0.122. The molecular formula is C22H25ClN4O4S. The van der Waals surface area contributed by atoms with E-state index in [0.717, 1.165) is 5.56 Å². The number of hydrogen-bond acceptors (Lipinski definition) is 8. The van der Waals surface area contributed by atoms with Gasteiger partial charge in [0.2, 0.25) is 11.8 Å². The van der Waals surface area contributed by atoms with E-state index >= 15 is 0 Å². The summed E-state index contributed by atoms with van der Waals surface area (Å²) in [6.45, 7) is 4.50. The monoisotopic (exact) mass is 476 g/mol. The first-order valence-corrected chi connectivity index (χ1v) is 12.1. The van der Waals surface area contributed by atoms with Crippen LogP contribution in [0.3, 0.4) is 0 Å². The molecule has 0 bridgehead atoms. The number of ether oxygens (including phenoxy) is 1. The second-order valence-electron chi connectivity index (χ2n) is 8.36. The standard InChI is InChI=1S/C22H25ClN4O4S/c1-22(2,30-3)21-26-25-20(31-21)15-6-9-19-18(10-15)27(12-17(24)13-32(19,28)29)11-14-4-7-16(23)8-5-14/h4-10,17H,11-13,24H2,1-3H3/t17-/m1/s1. The van der Waals surface area contributed by atoms with E-state index in [9.17, 15) is 8.42 Å². The molecule has 2 N–H and O–H groups in total. The van der Waals surface area contributed by atoms with Crippen LogP contribution in [0, 0.1) is 0 Å². The smallest absolute Gasteiger partial charge is 0.248 e. The van der Waals surface area contributed by atoms with Crippen LogP contribution in [0.2, 0.25) is 5.02 Å². The normalized spacial score (nSPS) is 18.3. The van der Waals surface area contributed by atoms with E-state index in [1.165, 1.54) is 0 Å². The Hall–Kier alpha value is -2.46. The number of nitrogens with two attached hydrogens (primary N) is 1. The summed E-state index contributed by atoms with van der Waals surface area (Å²) in [5.41, 5.74) is 7.58. The Morgan fingerprint density at radius 3 is 2.62 bits per heavy atom. The molecule has 2 heterocycles. The summed E-state index contributed by atoms with van der Waals surface area (Å²) in [6, 6.07) is 11.9. The number of fused-ring (bicyclic) bond motifs is 1. The highest BCUT2D eigenvalue weighted by Crippen LogP contribution is 2.35. The lowest BCUT2D eigenvalue weighted by molar-refractivity contribution is -0.00338. The maximum atomic E-state index is 13.0. The van der Waals surface area contributed by atoms with Gasteiger partial charge in [-0.3, -0.25) is 0 Å². The van der Waals surface area contributed by atoms with Crippen LogP contribution in [-0.4, -0.2) is 44.1 Å². The molecule has 10 heteroatoms. The minimum Gasteiger partial charge on any atom is -0.418 e. The second kappa shape index (κ2) is 8.47. The Balaban J connectivity index is 1.78. The van der Waals surface area contributed by atoms with Crippen LogP contribution in [-0.2, 0) is 26.7 Å². The third-order valence-electron chi connectivity index (χ3n) is 5.51. The van der Waals surface area contributed by atoms with Gasteiger partial charge < -0.3 is 19.8 Å². The van der Waals surface area contributed by atoms with Gasteiger partial charge in [-0.25, -0.2) is 8.42 Å². The fourth-order valence-electron chi connectivity index (χ4n) is 3.60. The zero-order valence-corrected chi connectivity index (χ0v) is 19.7. The van der Waals surface area contributed by atoms with Crippen LogP contribution in [0.15, 0.2) is 51.8 Å². The Morgan fingerprint density at radius 1 is 1.22 bits per heavy atom. The third-order valence-corrected chi connectivity index (χ3v) is 7.64. The van der Waals surface area contributed by atoms with Crippen LogP contribution >= 0.6 is 11.6 Å². The molecule has 1 aliphatic rings. The van der Waals surface area contributed by atoms with E-state index in [4.69, 9.17) is 26.5 Å². The SMILES string of the molecule is COC(C)(C)c1nnc(-c2ccc3c(c2)N(Cc2ccc(Cl)cc2)C[C@@H](N)CS3(=O)=O)o1. The number of anilines is 1. The highest BCUT2D eigenvalue weighted by Gasteiger charge is 2.32. The molecule has 1 aliphatic heterocycles. The highest BCUT2D eigenvalue weighted by molar-refractivity contribution is 7.91. The Labute approximate surface area is 192 Å². The average molecular weight is 477 g/mol. The molecule has 2 aromatic carbocycles. The molecule has 170 valence electrons. The van der Waals surface area contributed by atoms with Crippen molar-refractivity contribution in [3.8, 4) is 11.5 Å². The molecule has 8 nitrogen and oxygen atoms in total. The van der Waals surface area contributed by atoms with Crippen LogP contribution in [0.25, 0.3) is 11.5 Å². The van der Waals surface area contributed by atoms with Gasteiger partial charge in [0, 0.05) is 36.8 Å². The summed E-state index contributed by atoms with van der Waals surface area (Å²) in [5, 5.41) is 8.87. The van der Waals surface area contributed by atoms with E-state index in [1.54, 1.807) is 37.4 Å². The fourth-order valence-corrected chi connectivity index (χ4v) is 5.35. The van der Waals surface area contributed by atoms with Crippen LogP contribution in [0.4, 0.5) is 5.69 Å². The molecule has 0 spiro atoms. The van der Waals surface area contributed by atoms with Gasteiger partial charge in [-0.1, -0.05) is 23.7 Å². The van der Waals surface area contributed by atoms with E-state index in [-0.39, 0.29) is 16.5 Å². The number of sulfone groups is 1. The van der Waals surface area contributed by atoms with E-state index < -0.39 is 21.5 Å². The molecular weight excluding hydrogens is 452 g/mol. The maximum absolute atomic E-state index is 13.0. The van der Waals surface area contributed by atoms with Gasteiger partial charge in [0.25, 0.3) is 0 Å². The lowest BCUT2D eigenvalue weighted by atomic mass is 10.1. The van der Waals surface area contributed by atoms with Crippen LogP contribution < -0.4 is 10.6 Å². The summed E-state index contributed by atoms with van der Waals surface area (Å²) in [6.07, 6.45) is 0. The van der Waals surface area contributed by atoms with E-state index in [2.05, 4.69) is 10.2 Å². The lowest BCUT2D eigenvalue weighted by Crippen LogP contribution is -2.39. The van der Waals surface area contributed by atoms with Gasteiger partial charge in [-0.05, 0) is 49.7 Å². The van der Waals surface area contributed by atoms with Gasteiger partial charge in [0.15, 0.2) is 9.84 Å². The largest absolute Gasteiger partial charge is 0.418 e. The number of halogens is 1. The van der Waals surface area contributed by atoms with Gasteiger partial charge in [-0.2, -0.15) is 0 Å². The molecule has 32 heavy (non-hydrogen) atoms. The molecule has 0 saturated heterocycles. The molecule has 4 rings (SSSR count). The zero-order chi connectivity index (χ0) is 23.1. The molecule has 0 aliphatic carbocycles. The topological polar surface area (TPSA) is 112 Å².